The number of aromatic nitrogens is 1. The minimum atomic E-state index is -0.422. The molecule has 3 fully saturated rings. The molecule has 1 aromatic heterocycles. The van der Waals surface area contributed by atoms with Crippen LogP contribution in [0.5, 0.6) is 0 Å². The second-order valence-corrected chi connectivity index (χ2v) is 12.1. The number of fused-ring (bicyclic) bond motifs is 2. The predicted molar refractivity (Wildman–Crippen MR) is 135 cm³/mol. The fraction of sp³-hybridized carbons (Fsp3) is 0.567. The molecule has 2 aliphatic heterocycles. The highest BCUT2D eigenvalue weighted by Gasteiger charge is 2.67. The Morgan fingerprint density at radius 2 is 2.00 bits per heavy atom. The molecule has 1 N–H and O–H groups in total. The van der Waals surface area contributed by atoms with E-state index >= 15 is 0 Å². The Hall–Kier alpha value is -2.01. The maximum atomic E-state index is 10.8. The summed E-state index contributed by atoms with van der Waals surface area (Å²) in [6, 6.07) is 9.06. The van der Waals surface area contributed by atoms with Crippen LogP contribution in [0.4, 0.5) is 0 Å². The van der Waals surface area contributed by atoms with Crippen molar-refractivity contribution >= 4 is 10.8 Å². The lowest BCUT2D eigenvalue weighted by Crippen LogP contribution is -2.57. The van der Waals surface area contributed by atoms with Gasteiger partial charge in [0.15, 0.2) is 0 Å². The minimum Gasteiger partial charge on any atom is -0.387 e. The molecule has 178 valence electrons. The first kappa shape index (κ1) is 21.3. The fourth-order valence-corrected chi connectivity index (χ4v) is 8.87. The van der Waals surface area contributed by atoms with Crippen molar-refractivity contribution < 1.29 is 9.84 Å². The van der Waals surface area contributed by atoms with Crippen molar-refractivity contribution in [2.24, 2.45) is 11.3 Å². The van der Waals surface area contributed by atoms with E-state index in [9.17, 15) is 5.11 Å². The topological polar surface area (TPSA) is 45.6 Å². The van der Waals surface area contributed by atoms with Crippen molar-refractivity contribution in [2.75, 3.05) is 14.1 Å². The van der Waals surface area contributed by atoms with E-state index in [2.05, 4.69) is 73.5 Å². The van der Waals surface area contributed by atoms with Crippen molar-refractivity contribution in [3.63, 3.8) is 0 Å². The average Bonchev–Trinajstić information content (AvgIpc) is 3.34. The molecule has 4 nitrogen and oxygen atoms in total. The van der Waals surface area contributed by atoms with Gasteiger partial charge in [-0.3, -0.25) is 4.98 Å². The summed E-state index contributed by atoms with van der Waals surface area (Å²) in [5.74, 6) is 1.09. The molecule has 0 unspecified atom stereocenters. The second kappa shape index (κ2) is 7.02. The molecule has 5 aliphatic rings. The number of nitrogens with zero attached hydrogens (tertiary/aromatic N) is 2. The molecule has 4 heteroatoms. The van der Waals surface area contributed by atoms with E-state index in [1.165, 1.54) is 46.7 Å². The van der Waals surface area contributed by atoms with Gasteiger partial charge in [0.2, 0.25) is 0 Å². The molecule has 1 saturated heterocycles. The molecule has 7 rings (SSSR count). The molecule has 0 amide bonds. The van der Waals surface area contributed by atoms with Gasteiger partial charge >= 0.3 is 0 Å². The summed E-state index contributed by atoms with van der Waals surface area (Å²) in [5, 5.41) is 13.4. The molecule has 3 heterocycles. The molecular formula is C30H36N2O2. The number of aliphatic hydroxyl groups excluding tert-OH is 1. The van der Waals surface area contributed by atoms with E-state index in [0.717, 1.165) is 25.7 Å². The number of pyridine rings is 1. The van der Waals surface area contributed by atoms with E-state index in [-0.39, 0.29) is 22.7 Å². The van der Waals surface area contributed by atoms with E-state index in [1.807, 2.05) is 6.20 Å². The number of rotatable bonds is 2. The third kappa shape index (κ3) is 2.62. The zero-order valence-electron chi connectivity index (χ0n) is 20.6. The zero-order valence-corrected chi connectivity index (χ0v) is 20.6. The van der Waals surface area contributed by atoms with Crippen LogP contribution in [0.1, 0.15) is 63.4 Å². The predicted octanol–water partition coefficient (Wildman–Crippen LogP) is 5.38. The van der Waals surface area contributed by atoms with Crippen molar-refractivity contribution in [3.05, 3.63) is 65.5 Å². The zero-order chi connectivity index (χ0) is 23.3. The van der Waals surface area contributed by atoms with Crippen LogP contribution in [-0.2, 0) is 4.74 Å². The first-order valence-electron chi connectivity index (χ1n) is 13.2. The Morgan fingerprint density at radius 3 is 2.85 bits per heavy atom. The number of hydrogen-bond donors (Lipinski definition) is 1. The summed E-state index contributed by atoms with van der Waals surface area (Å²) >= 11 is 0. The highest BCUT2D eigenvalue weighted by molar-refractivity contribution is 5.85. The molecule has 3 aliphatic carbocycles. The standard InChI is InChI=1S/C30H36N2O2/c1-28-11-9-20-15-21-16-26(33)25(32(2)3)17-29(21)12-13-30(20,34-29)27(28)8-7-24(28)22-6-4-5-19-10-14-31-18-23(19)22/h4-6,10,14-16,18,24-27,33H,7-9,11-13,17H2,1-3H3/t24-,25+,26+,27-,28-,29-,30-/m1/s1. The summed E-state index contributed by atoms with van der Waals surface area (Å²) in [5.41, 5.74) is 4.11. The monoisotopic (exact) mass is 456 g/mol. The van der Waals surface area contributed by atoms with Crippen LogP contribution < -0.4 is 0 Å². The highest BCUT2D eigenvalue weighted by atomic mass is 16.5. The molecule has 2 bridgehead atoms. The van der Waals surface area contributed by atoms with Gasteiger partial charge in [0, 0.05) is 23.8 Å². The lowest BCUT2D eigenvalue weighted by Gasteiger charge is -2.56. The van der Waals surface area contributed by atoms with Crippen LogP contribution in [-0.4, -0.2) is 52.4 Å². The Morgan fingerprint density at radius 1 is 1.12 bits per heavy atom. The second-order valence-electron chi connectivity index (χ2n) is 12.1. The summed E-state index contributed by atoms with van der Waals surface area (Å²) < 4.78 is 7.37. The molecule has 7 atom stereocenters. The third-order valence-corrected chi connectivity index (χ3v) is 10.5. The van der Waals surface area contributed by atoms with Crippen molar-refractivity contribution in [1.82, 2.24) is 9.88 Å². The maximum Gasteiger partial charge on any atom is 0.0958 e. The molecule has 2 aromatic rings. The van der Waals surface area contributed by atoms with Crippen molar-refractivity contribution in [1.29, 1.82) is 0 Å². The van der Waals surface area contributed by atoms with Gasteiger partial charge in [-0.15, -0.1) is 0 Å². The SMILES string of the molecule is CN(C)[C@H]1C[C@@]23CC[C@@]4(O2)C(=CC3=C[C@@H]1O)CC[C@]1(C)[C@@H](c2cccc3ccncc23)CC[C@H]14. The summed E-state index contributed by atoms with van der Waals surface area (Å²) in [7, 11) is 4.16. The van der Waals surface area contributed by atoms with Gasteiger partial charge in [0.25, 0.3) is 0 Å². The fourth-order valence-electron chi connectivity index (χ4n) is 8.87. The Bertz CT molecular complexity index is 1230. The summed E-state index contributed by atoms with van der Waals surface area (Å²) in [6.45, 7) is 2.56. The van der Waals surface area contributed by atoms with Gasteiger partial charge in [0.1, 0.15) is 0 Å². The molecule has 1 aromatic carbocycles. The van der Waals surface area contributed by atoms with Crippen molar-refractivity contribution in [3.8, 4) is 0 Å². The molecule has 2 spiro atoms. The summed E-state index contributed by atoms with van der Waals surface area (Å²) in [4.78, 5) is 6.65. The van der Waals surface area contributed by atoms with E-state index < -0.39 is 6.10 Å². The Balaban J connectivity index is 1.30. The smallest absolute Gasteiger partial charge is 0.0958 e. The average molecular weight is 457 g/mol. The van der Waals surface area contributed by atoms with Gasteiger partial charge in [-0.1, -0.05) is 31.2 Å². The van der Waals surface area contributed by atoms with Crippen LogP contribution in [0.25, 0.3) is 10.8 Å². The summed E-state index contributed by atoms with van der Waals surface area (Å²) in [6.07, 6.45) is 16.0. The number of aliphatic hydroxyl groups is 1. The number of benzene rings is 1. The number of likely N-dealkylation sites (N-methyl/N-ethyl adjacent to an activating group) is 1. The molecule has 0 radical (unpaired) electrons. The van der Waals surface area contributed by atoms with Gasteiger partial charge < -0.3 is 14.7 Å². The number of ether oxygens (including phenoxy) is 1. The van der Waals surface area contributed by atoms with Gasteiger partial charge in [-0.2, -0.15) is 0 Å². The first-order valence-corrected chi connectivity index (χ1v) is 13.2. The molecule has 34 heavy (non-hydrogen) atoms. The largest absolute Gasteiger partial charge is 0.387 e. The normalized spacial score (nSPS) is 42.7. The number of hydrogen-bond acceptors (Lipinski definition) is 4. The van der Waals surface area contributed by atoms with Crippen LogP contribution in [0.2, 0.25) is 0 Å². The van der Waals surface area contributed by atoms with E-state index in [0.29, 0.717) is 11.8 Å². The lowest BCUT2D eigenvalue weighted by atomic mass is 9.56. The van der Waals surface area contributed by atoms with Crippen LogP contribution in [0, 0.1) is 11.3 Å². The van der Waals surface area contributed by atoms with Crippen LogP contribution in [0.15, 0.2) is 60.0 Å². The highest BCUT2D eigenvalue weighted by Crippen LogP contribution is 2.70. The Labute approximate surface area is 202 Å². The van der Waals surface area contributed by atoms with Crippen molar-refractivity contribution in [2.45, 2.75) is 81.1 Å². The van der Waals surface area contributed by atoms with Crippen LogP contribution >= 0.6 is 0 Å². The van der Waals surface area contributed by atoms with Crippen LogP contribution in [0.3, 0.4) is 0 Å². The quantitative estimate of drug-likeness (QED) is 0.659. The van der Waals surface area contributed by atoms with E-state index in [1.54, 1.807) is 0 Å². The lowest BCUT2D eigenvalue weighted by molar-refractivity contribution is -0.148. The molecule has 2 saturated carbocycles. The molecular weight excluding hydrogens is 420 g/mol. The van der Waals surface area contributed by atoms with Gasteiger partial charge in [-0.25, -0.2) is 0 Å². The third-order valence-electron chi connectivity index (χ3n) is 10.5. The van der Waals surface area contributed by atoms with E-state index in [4.69, 9.17) is 4.74 Å². The Kier molecular flexibility index (Phi) is 4.40. The minimum absolute atomic E-state index is 0.114. The van der Waals surface area contributed by atoms with Gasteiger partial charge in [0.05, 0.1) is 17.3 Å². The van der Waals surface area contributed by atoms with Gasteiger partial charge in [-0.05, 0) is 111 Å². The first-order chi connectivity index (χ1) is 16.4. The maximum absolute atomic E-state index is 10.8.